The van der Waals surface area contributed by atoms with Gasteiger partial charge in [-0.1, -0.05) is 24.3 Å². The van der Waals surface area contributed by atoms with Gasteiger partial charge in [-0.25, -0.2) is 4.79 Å². The van der Waals surface area contributed by atoms with Crippen LogP contribution in [0.3, 0.4) is 0 Å². The Morgan fingerprint density at radius 3 is 2.19 bits per heavy atom. The Hall–Kier alpha value is -3.62. The molecule has 9 nitrogen and oxygen atoms in total. The van der Waals surface area contributed by atoms with Crippen molar-refractivity contribution < 1.29 is 14.3 Å². The number of carbonyl (C=O) groups excluding carboxylic acids is 1. The molecule has 1 N–H and O–H groups in total. The normalized spacial score (nSPS) is 11.2. The summed E-state index contributed by atoms with van der Waals surface area (Å²) in [5.41, 5.74) is 3.49. The van der Waals surface area contributed by atoms with E-state index < -0.39 is 11.7 Å². The number of benzene rings is 1. The van der Waals surface area contributed by atoms with E-state index in [1.807, 2.05) is 58.9 Å². The molecule has 0 aliphatic rings. The van der Waals surface area contributed by atoms with Gasteiger partial charge in [-0.2, -0.15) is 0 Å². The van der Waals surface area contributed by atoms with E-state index in [1.54, 1.807) is 13.3 Å². The SMILES string of the molecule is COc1c(C)cnc(-c2nnc(-c3ccc(CNC(=O)OC(C)(C)C)cc3)nn2)c1C. The lowest BCUT2D eigenvalue weighted by Crippen LogP contribution is -2.32. The van der Waals surface area contributed by atoms with Crippen molar-refractivity contribution in [1.29, 1.82) is 0 Å². The number of hydrogen-bond acceptors (Lipinski definition) is 8. The van der Waals surface area contributed by atoms with Crippen molar-refractivity contribution in [2.75, 3.05) is 7.11 Å². The van der Waals surface area contributed by atoms with Gasteiger partial charge in [-0.3, -0.25) is 4.98 Å². The Bertz CT molecular complexity index is 1060. The van der Waals surface area contributed by atoms with E-state index >= 15 is 0 Å². The highest BCUT2D eigenvalue weighted by Gasteiger charge is 2.16. The number of methoxy groups -OCH3 is 1. The molecule has 9 heteroatoms. The second kappa shape index (κ2) is 9.03. The monoisotopic (exact) mass is 422 g/mol. The molecule has 0 unspecified atom stereocenters. The van der Waals surface area contributed by atoms with Crippen LogP contribution in [0.2, 0.25) is 0 Å². The van der Waals surface area contributed by atoms with E-state index in [9.17, 15) is 4.79 Å². The predicted octanol–water partition coefficient (Wildman–Crippen LogP) is 3.65. The number of aryl methyl sites for hydroxylation is 1. The quantitative estimate of drug-likeness (QED) is 0.663. The van der Waals surface area contributed by atoms with E-state index in [-0.39, 0.29) is 0 Å². The summed E-state index contributed by atoms with van der Waals surface area (Å²) in [6, 6.07) is 7.45. The summed E-state index contributed by atoms with van der Waals surface area (Å²) in [4.78, 5) is 16.2. The Morgan fingerprint density at radius 2 is 1.61 bits per heavy atom. The van der Waals surface area contributed by atoms with Crippen LogP contribution >= 0.6 is 0 Å². The van der Waals surface area contributed by atoms with Crippen molar-refractivity contribution in [3.05, 3.63) is 47.2 Å². The molecule has 0 fully saturated rings. The number of nitrogens with zero attached hydrogens (tertiary/aromatic N) is 5. The number of alkyl carbamates (subject to hydrolysis) is 1. The smallest absolute Gasteiger partial charge is 0.407 e. The fourth-order valence-electron chi connectivity index (χ4n) is 2.96. The number of pyridine rings is 1. The van der Waals surface area contributed by atoms with Gasteiger partial charge < -0.3 is 14.8 Å². The molecule has 0 spiro atoms. The zero-order valence-electron chi connectivity index (χ0n) is 18.6. The summed E-state index contributed by atoms with van der Waals surface area (Å²) in [5, 5.41) is 19.5. The maximum Gasteiger partial charge on any atom is 0.407 e. The molecular weight excluding hydrogens is 396 g/mol. The fraction of sp³-hybridized carbons (Fsp3) is 0.364. The van der Waals surface area contributed by atoms with Gasteiger partial charge in [-0.15, -0.1) is 20.4 Å². The molecule has 0 atom stereocenters. The van der Waals surface area contributed by atoms with Gasteiger partial charge in [0.2, 0.25) is 11.6 Å². The first-order valence-corrected chi connectivity index (χ1v) is 9.82. The van der Waals surface area contributed by atoms with Gasteiger partial charge in [0.1, 0.15) is 17.0 Å². The van der Waals surface area contributed by atoms with E-state index in [2.05, 4.69) is 30.7 Å². The van der Waals surface area contributed by atoms with Crippen LogP contribution in [0.15, 0.2) is 30.5 Å². The lowest BCUT2D eigenvalue weighted by Gasteiger charge is -2.19. The van der Waals surface area contributed by atoms with Crippen molar-refractivity contribution in [3.8, 4) is 28.7 Å². The van der Waals surface area contributed by atoms with Crippen molar-refractivity contribution >= 4 is 6.09 Å². The summed E-state index contributed by atoms with van der Waals surface area (Å²) in [7, 11) is 1.62. The first-order chi connectivity index (χ1) is 14.7. The Labute approximate surface area is 181 Å². The molecule has 0 radical (unpaired) electrons. The molecule has 0 aliphatic heterocycles. The third kappa shape index (κ3) is 5.50. The van der Waals surface area contributed by atoms with Gasteiger partial charge in [0.25, 0.3) is 0 Å². The van der Waals surface area contributed by atoms with Crippen molar-refractivity contribution in [3.63, 3.8) is 0 Å². The minimum absolute atomic E-state index is 0.331. The van der Waals surface area contributed by atoms with Crippen molar-refractivity contribution in [1.82, 2.24) is 30.7 Å². The molecule has 1 aromatic carbocycles. The highest BCUT2D eigenvalue weighted by molar-refractivity contribution is 5.67. The summed E-state index contributed by atoms with van der Waals surface area (Å²) in [6.07, 6.45) is 1.25. The van der Waals surface area contributed by atoms with E-state index in [4.69, 9.17) is 9.47 Å². The summed E-state index contributed by atoms with van der Waals surface area (Å²) in [6.45, 7) is 9.64. The number of hydrogen-bond donors (Lipinski definition) is 1. The average molecular weight is 422 g/mol. The van der Waals surface area contributed by atoms with Gasteiger partial charge in [0.05, 0.1) is 7.11 Å². The second-order valence-electron chi connectivity index (χ2n) is 8.05. The lowest BCUT2D eigenvalue weighted by atomic mass is 10.1. The first-order valence-electron chi connectivity index (χ1n) is 9.82. The molecule has 2 heterocycles. The molecule has 0 bridgehead atoms. The largest absolute Gasteiger partial charge is 0.496 e. The molecule has 31 heavy (non-hydrogen) atoms. The zero-order valence-corrected chi connectivity index (χ0v) is 18.6. The number of rotatable bonds is 5. The summed E-state index contributed by atoms with van der Waals surface area (Å²) >= 11 is 0. The minimum Gasteiger partial charge on any atom is -0.496 e. The Balaban J connectivity index is 1.70. The maximum absolute atomic E-state index is 11.8. The topological polar surface area (TPSA) is 112 Å². The van der Waals surface area contributed by atoms with Crippen LogP contribution in [0.5, 0.6) is 5.75 Å². The summed E-state index contributed by atoms with van der Waals surface area (Å²) < 4.78 is 10.7. The number of nitrogens with one attached hydrogen (secondary N) is 1. The van der Waals surface area contributed by atoms with Crippen molar-refractivity contribution in [2.45, 2.75) is 46.8 Å². The van der Waals surface area contributed by atoms with Crippen LogP contribution in [-0.2, 0) is 11.3 Å². The molecule has 3 aromatic rings. The Morgan fingerprint density at radius 1 is 1.00 bits per heavy atom. The maximum atomic E-state index is 11.8. The van der Waals surface area contributed by atoms with Crippen LogP contribution in [-0.4, -0.2) is 44.2 Å². The van der Waals surface area contributed by atoms with Crippen LogP contribution in [0.25, 0.3) is 22.9 Å². The number of aromatic nitrogens is 5. The number of amides is 1. The van der Waals surface area contributed by atoms with Crippen LogP contribution in [0.1, 0.15) is 37.5 Å². The average Bonchev–Trinajstić information content (AvgIpc) is 2.72. The molecule has 0 saturated heterocycles. The van der Waals surface area contributed by atoms with Crippen LogP contribution < -0.4 is 10.1 Å². The van der Waals surface area contributed by atoms with Gasteiger partial charge in [0, 0.05) is 29.4 Å². The zero-order chi connectivity index (χ0) is 22.6. The van der Waals surface area contributed by atoms with E-state index in [1.165, 1.54) is 0 Å². The van der Waals surface area contributed by atoms with Gasteiger partial charge >= 0.3 is 6.09 Å². The molecule has 0 aliphatic carbocycles. The van der Waals surface area contributed by atoms with Gasteiger partial charge in [-0.05, 0) is 40.2 Å². The highest BCUT2D eigenvalue weighted by atomic mass is 16.6. The highest BCUT2D eigenvalue weighted by Crippen LogP contribution is 2.28. The van der Waals surface area contributed by atoms with Gasteiger partial charge in [0.15, 0.2) is 0 Å². The molecule has 1 amide bonds. The van der Waals surface area contributed by atoms with Crippen LogP contribution in [0.4, 0.5) is 4.79 Å². The first kappa shape index (κ1) is 22.1. The van der Waals surface area contributed by atoms with Crippen LogP contribution in [0, 0.1) is 13.8 Å². The predicted molar refractivity (Wildman–Crippen MR) is 115 cm³/mol. The standard InChI is InChI=1S/C22H26N6O3/c1-13-11-23-17(14(2)18(13)30-6)20-27-25-19(26-28-20)16-9-7-15(8-10-16)12-24-21(29)31-22(3,4)5/h7-11H,12H2,1-6H3,(H,24,29). The third-order valence-corrected chi connectivity index (χ3v) is 4.38. The number of ether oxygens (including phenoxy) is 2. The molecule has 0 saturated carbocycles. The Kier molecular flexibility index (Phi) is 6.43. The van der Waals surface area contributed by atoms with E-state index in [0.717, 1.165) is 28.0 Å². The van der Waals surface area contributed by atoms with Crippen molar-refractivity contribution in [2.24, 2.45) is 0 Å². The molecule has 162 valence electrons. The second-order valence-corrected chi connectivity index (χ2v) is 8.05. The number of carbonyl (C=O) groups is 1. The molecular formula is C22H26N6O3. The third-order valence-electron chi connectivity index (χ3n) is 4.38. The summed E-state index contributed by atoms with van der Waals surface area (Å²) in [5.74, 6) is 1.47. The molecule has 2 aromatic heterocycles. The molecule has 3 rings (SSSR count). The minimum atomic E-state index is -0.533. The fourth-order valence-corrected chi connectivity index (χ4v) is 2.96. The van der Waals surface area contributed by atoms with E-state index in [0.29, 0.717) is 23.9 Å². The lowest BCUT2D eigenvalue weighted by molar-refractivity contribution is 0.0523.